The third kappa shape index (κ3) is 6.45. The van der Waals surface area contributed by atoms with Crippen LogP contribution in [0.25, 0.3) is 5.65 Å². The Morgan fingerprint density at radius 2 is 1.89 bits per heavy atom. The molecule has 2 heterocycles. The minimum absolute atomic E-state index is 0.0990. The van der Waals surface area contributed by atoms with E-state index in [9.17, 15) is 23.2 Å². The van der Waals surface area contributed by atoms with Gasteiger partial charge in [0.05, 0.1) is 17.4 Å². The second-order valence-electron chi connectivity index (χ2n) is 7.75. The lowest BCUT2D eigenvalue weighted by atomic mass is 9.91. The fraction of sp³-hybridized carbons (Fsp3) is 0.318. The predicted octanol–water partition coefficient (Wildman–Crippen LogP) is 3.17. The molecule has 0 spiro atoms. The van der Waals surface area contributed by atoms with Crippen molar-refractivity contribution in [3.8, 4) is 6.07 Å². The molecule has 13 heteroatoms. The van der Waals surface area contributed by atoms with Gasteiger partial charge < -0.3 is 21.5 Å². The van der Waals surface area contributed by atoms with Gasteiger partial charge >= 0.3 is 12.1 Å². The van der Waals surface area contributed by atoms with Crippen LogP contribution in [0.3, 0.4) is 0 Å². The van der Waals surface area contributed by atoms with Crippen LogP contribution in [0.2, 0.25) is 0 Å². The number of rotatable bonds is 4. The number of carboxylic acids is 1. The first-order valence-electron chi connectivity index (χ1n) is 10.6. The van der Waals surface area contributed by atoms with E-state index in [1.54, 1.807) is 35.0 Å². The highest BCUT2D eigenvalue weighted by atomic mass is 19.4. The normalized spacial score (nSPS) is 17.6. The van der Waals surface area contributed by atoms with Crippen LogP contribution in [0.5, 0.6) is 0 Å². The highest BCUT2D eigenvalue weighted by molar-refractivity contribution is 6.08. The van der Waals surface area contributed by atoms with Crippen molar-refractivity contribution >= 4 is 29.0 Å². The molecule has 1 saturated carbocycles. The molecule has 5 N–H and O–H groups in total. The fourth-order valence-electron chi connectivity index (χ4n) is 3.52. The number of anilines is 2. The molecule has 10 nitrogen and oxygen atoms in total. The van der Waals surface area contributed by atoms with Crippen molar-refractivity contribution < 1.29 is 27.9 Å². The second kappa shape index (κ2) is 10.8. The van der Waals surface area contributed by atoms with Crippen molar-refractivity contribution in [2.24, 2.45) is 5.73 Å². The molecule has 0 saturated heterocycles. The zero-order valence-corrected chi connectivity index (χ0v) is 18.3. The Morgan fingerprint density at radius 3 is 2.54 bits per heavy atom. The SMILES string of the molecule is N#Cc1ccccc1NC(=O)c1cnn2ccc(N[C@@H]3CCCC[C@@H]3N)nc12.O=C(O)C(F)(F)F. The van der Waals surface area contributed by atoms with E-state index in [-0.39, 0.29) is 18.0 Å². The Balaban J connectivity index is 0.000000429. The van der Waals surface area contributed by atoms with Gasteiger partial charge in [-0.25, -0.2) is 14.3 Å². The molecule has 184 valence electrons. The Labute approximate surface area is 197 Å². The number of aliphatic carboxylic acids is 1. The molecule has 35 heavy (non-hydrogen) atoms. The van der Waals surface area contributed by atoms with Crippen LogP contribution in [0.1, 0.15) is 41.6 Å². The number of nitrogens with zero attached hydrogens (tertiary/aromatic N) is 4. The van der Waals surface area contributed by atoms with Crippen molar-refractivity contribution in [1.29, 1.82) is 5.26 Å². The molecule has 1 aliphatic rings. The molecule has 1 amide bonds. The summed E-state index contributed by atoms with van der Waals surface area (Å²) in [5, 5.41) is 26.7. The number of nitrogens with two attached hydrogens (primary N) is 1. The summed E-state index contributed by atoms with van der Waals surface area (Å²) in [6, 6.07) is 11.0. The summed E-state index contributed by atoms with van der Waals surface area (Å²) in [4.78, 5) is 26.2. The van der Waals surface area contributed by atoms with E-state index in [4.69, 9.17) is 15.6 Å². The van der Waals surface area contributed by atoms with Gasteiger partial charge in [-0.1, -0.05) is 25.0 Å². The van der Waals surface area contributed by atoms with Crippen molar-refractivity contribution in [1.82, 2.24) is 14.6 Å². The Hall–Kier alpha value is -4.18. The predicted molar refractivity (Wildman–Crippen MR) is 120 cm³/mol. The molecule has 1 aromatic carbocycles. The molecular formula is C22H22F3N7O3. The van der Waals surface area contributed by atoms with Crippen LogP contribution in [0, 0.1) is 11.3 Å². The van der Waals surface area contributed by atoms with Crippen LogP contribution in [0.15, 0.2) is 42.7 Å². The molecule has 0 unspecified atom stereocenters. The zero-order chi connectivity index (χ0) is 25.6. The Morgan fingerprint density at radius 1 is 1.20 bits per heavy atom. The van der Waals surface area contributed by atoms with E-state index in [1.165, 1.54) is 6.20 Å². The number of carbonyl (C=O) groups is 2. The van der Waals surface area contributed by atoms with Gasteiger partial charge in [-0.15, -0.1) is 0 Å². The minimum atomic E-state index is -5.08. The number of hydrogen-bond donors (Lipinski definition) is 4. The lowest BCUT2D eigenvalue weighted by Crippen LogP contribution is -2.42. The van der Waals surface area contributed by atoms with E-state index in [1.807, 2.05) is 6.07 Å². The molecular weight excluding hydrogens is 467 g/mol. The van der Waals surface area contributed by atoms with Gasteiger partial charge in [0.2, 0.25) is 0 Å². The van der Waals surface area contributed by atoms with Gasteiger partial charge in [-0.2, -0.15) is 23.5 Å². The monoisotopic (exact) mass is 489 g/mol. The summed E-state index contributed by atoms with van der Waals surface area (Å²) in [6.45, 7) is 0. The highest BCUT2D eigenvalue weighted by Gasteiger charge is 2.38. The first-order valence-corrected chi connectivity index (χ1v) is 10.6. The number of carbonyl (C=O) groups excluding carboxylic acids is 1. The Kier molecular flexibility index (Phi) is 7.87. The number of para-hydroxylation sites is 1. The highest BCUT2D eigenvalue weighted by Crippen LogP contribution is 2.22. The molecule has 2 atom stereocenters. The number of fused-ring (bicyclic) bond motifs is 1. The summed E-state index contributed by atoms with van der Waals surface area (Å²) in [5.74, 6) is -2.45. The average Bonchev–Trinajstić information content (AvgIpc) is 3.24. The molecule has 2 aromatic heterocycles. The third-order valence-electron chi connectivity index (χ3n) is 5.30. The van der Waals surface area contributed by atoms with Crippen LogP contribution < -0.4 is 16.4 Å². The maximum Gasteiger partial charge on any atom is 0.490 e. The van der Waals surface area contributed by atoms with E-state index in [2.05, 4.69) is 26.8 Å². The number of nitrogens with one attached hydrogen (secondary N) is 2. The second-order valence-corrected chi connectivity index (χ2v) is 7.75. The first-order chi connectivity index (χ1) is 16.6. The van der Waals surface area contributed by atoms with E-state index in [0.717, 1.165) is 25.7 Å². The summed E-state index contributed by atoms with van der Waals surface area (Å²) in [5.41, 5.74) is 7.85. The van der Waals surface area contributed by atoms with Crippen molar-refractivity contribution in [3.63, 3.8) is 0 Å². The number of halogens is 3. The molecule has 1 aliphatic carbocycles. The van der Waals surface area contributed by atoms with Crippen LogP contribution in [-0.2, 0) is 4.79 Å². The molecule has 3 aromatic rings. The number of benzene rings is 1. The van der Waals surface area contributed by atoms with Gasteiger partial charge in [0.25, 0.3) is 5.91 Å². The summed E-state index contributed by atoms with van der Waals surface area (Å²) in [7, 11) is 0. The van der Waals surface area contributed by atoms with E-state index >= 15 is 0 Å². The topological polar surface area (TPSA) is 158 Å². The van der Waals surface area contributed by atoms with Crippen molar-refractivity contribution in [3.05, 3.63) is 53.9 Å². The average molecular weight is 489 g/mol. The lowest BCUT2D eigenvalue weighted by Gasteiger charge is -2.29. The van der Waals surface area contributed by atoms with Crippen molar-refractivity contribution in [2.45, 2.75) is 43.9 Å². The number of carboxylic acid groups (broad SMARTS) is 1. The standard InChI is InChI=1S/C20H21N7O.C2HF3O2/c21-11-13-5-1-3-7-16(13)25-20(28)14-12-23-27-10-9-18(26-19(14)27)24-17-8-4-2-6-15(17)22;3-2(4,5)1(6)7/h1,3,5,7,9-10,12,15,17H,2,4,6,8,22H2,(H,24,26)(H,25,28);(H,6,7)/t15-,17+;/m0./s1. The fourth-order valence-corrected chi connectivity index (χ4v) is 3.52. The third-order valence-corrected chi connectivity index (χ3v) is 5.30. The van der Waals surface area contributed by atoms with Gasteiger partial charge in [0.1, 0.15) is 17.5 Å². The largest absolute Gasteiger partial charge is 0.490 e. The van der Waals surface area contributed by atoms with Gasteiger partial charge in [0, 0.05) is 18.3 Å². The molecule has 0 radical (unpaired) electrons. The van der Waals surface area contributed by atoms with Gasteiger partial charge in [-0.05, 0) is 31.0 Å². The lowest BCUT2D eigenvalue weighted by molar-refractivity contribution is -0.192. The molecule has 0 aliphatic heterocycles. The minimum Gasteiger partial charge on any atom is -0.475 e. The zero-order valence-electron chi connectivity index (χ0n) is 18.3. The quantitative estimate of drug-likeness (QED) is 0.435. The van der Waals surface area contributed by atoms with Crippen LogP contribution in [-0.4, -0.2) is 49.8 Å². The maximum atomic E-state index is 12.8. The summed E-state index contributed by atoms with van der Waals surface area (Å²) < 4.78 is 33.3. The summed E-state index contributed by atoms with van der Waals surface area (Å²) in [6.07, 6.45) is 2.46. The van der Waals surface area contributed by atoms with Crippen LogP contribution in [0.4, 0.5) is 24.7 Å². The molecule has 4 rings (SSSR count). The van der Waals surface area contributed by atoms with E-state index < -0.39 is 12.1 Å². The molecule has 1 fully saturated rings. The Bertz CT molecular complexity index is 1250. The molecule has 0 bridgehead atoms. The smallest absolute Gasteiger partial charge is 0.475 e. The van der Waals surface area contributed by atoms with Gasteiger partial charge in [-0.3, -0.25) is 4.79 Å². The number of nitriles is 1. The maximum absolute atomic E-state index is 12.8. The van der Waals surface area contributed by atoms with Gasteiger partial charge in [0.15, 0.2) is 5.65 Å². The van der Waals surface area contributed by atoms with Crippen LogP contribution >= 0.6 is 0 Å². The van der Waals surface area contributed by atoms with Crippen molar-refractivity contribution in [2.75, 3.05) is 10.6 Å². The number of alkyl halides is 3. The number of amides is 1. The number of hydrogen-bond acceptors (Lipinski definition) is 7. The first kappa shape index (κ1) is 25.4. The number of aromatic nitrogens is 3. The van der Waals surface area contributed by atoms with E-state index in [0.29, 0.717) is 28.3 Å². The summed E-state index contributed by atoms with van der Waals surface area (Å²) >= 11 is 0.